The maximum atomic E-state index is 2.47. The fourth-order valence-electron chi connectivity index (χ4n) is 3.49. The van der Waals surface area contributed by atoms with Crippen LogP contribution in [0, 0.1) is 41.4 Å². The highest BCUT2D eigenvalue weighted by Gasteiger charge is 2.50. The number of hydrogen-bond acceptors (Lipinski definition) is 0. The molecule has 1 saturated carbocycles. The van der Waals surface area contributed by atoms with Crippen LogP contribution in [0.5, 0.6) is 0 Å². The zero-order valence-electron chi connectivity index (χ0n) is 11.7. The van der Waals surface area contributed by atoms with Crippen molar-refractivity contribution in [3.8, 4) is 0 Å². The van der Waals surface area contributed by atoms with E-state index in [0.29, 0.717) is 0 Å². The predicted octanol–water partition coefficient (Wildman–Crippen LogP) is 4.84. The van der Waals surface area contributed by atoms with Crippen LogP contribution < -0.4 is 0 Å². The average Bonchev–Trinajstić information content (AvgIpc) is 2.76. The molecule has 0 spiro atoms. The Labute approximate surface area is 96.8 Å². The third kappa shape index (κ3) is 2.98. The van der Waals surface area contributed by atoms with E-state index >= 15 is 0 Å². The van der Waals surface area contributed by atoms with E-state index in [1.807, 2.05) is 0 Å². The van der Waals surface area contributed by atoms with Gasteiger partial charge < -0.3 is 0 Å². The lowest BCUT2D eigenvalue weighted by Gasteiger charge is -2.21. The Bertz CT molecular complexity index is 192. The van der Waals surface area contributed by atoms with Crippen molar-refractivity contribution in [1.29, 1.82) is 0 Å². The Kier molecular flexibility index (Phi) is 4.26. The van der Waals surface area contributed by atoms with Crippen molar-refractivity contribution in [1.82, 2.24) is 0 Å². The molecule has 0 aliphatic heterocycles. The smallest absolute Gasteiger partial charge is 0.0326 e. The maximum absolute atomic E-state index is 2.47. The van der Waals surface area contributed by atoms with Crippen LogP contribution in [-0.4, -0.2) is 0 Å². The van der Waals surface area contributed by atoms with Crippen LogP contribution in [0.25, 0.3) is 0 Å². The molecule has 5 unspecified atom stereocenters. The highest BCUT2D eigenvalue weighted by atomic mass is 14.5. The molecule has 0 heteroatoms. The van der Waals surface area contributed by atoms with Crippen molar-refractivity contribution in [3.05, 3.63) is 0 Å². The van der Waals surface area contributed by atoms with Crippen molar-refractivity contribution < 1.29 is 0 Å². The fourth-order valence-corrected chi connectivity index (χ4v) is 3.49. The molecular formula is C15H30. The summed E-state index contributed by atoms with van der Waals surface area (Å²) in [7, 11) is 0. The normalized spacial score (nSPS) is 34.6. The molecule has 0 heterocycles. The van der Waals surface area contributed by atoms with E-state index in [9.17, 15) is 0 Å². The molecule has 0 amide bonds. The van der Waals surface area contributed by atoms with E-state index in [2.05, 4.69) is 48.5 Å². The van der Waals surface area contributed by atoms with Crippen molar-refractivity contribution in [2.45, 2.75) is 54.9 Å². The van der Waals surface area contributed by atoms with Crippen LogP contribution in [0.2, 0.25) is 0 Å². The Morgan fingerprint density at radius 3 is 1.73 bits per heavy atom. The summed E-state index contributed by atoms with van der Waals surface area (Å²) in [6, 6.07) is 0. The van der Waals surface area contributed by atoms with E-state index in [-0.39, 0.29) is 0 Å². The first kappa shape index (κ1) is 13.1. The first-order chi connectivity index (χ1) is 6.86. The minimum Gasteiger partial charge on any atom is -0.0625 e. The highest BCUT2D eigenvalue weighted by Crippen LogP contribution is 2.55. The molecule has 0 aromatic heterocycles. The fraction of sp³-hybridized carbons (Fsp3) is 1.00. The first-order valence-corrected chi connectivity index (χ1v) is 6.86. The summed E-state index contributed by atoms with van der Waals surface area (Å²) in [6.45, 7) is 16.8. The van der Waals surface area contributed by atoms with Crippen LogP contribution in [0.1, 0.15) is 54.9 Å². The van der Waals surface area contributed by atoms with Gasteiger partial charge in [-0.15, -0.1) is 0 Å². The molecule has 1 aliphatic rings. The maximum Gasteiger partial charge on any atom is -0.0326 e. The second-order valence-electron chi connectivity index (χ2n) is 6.69. The molecule has 90 valence electrons. The lowest BCUT2D eigenvalue weighted by Crippen LogP contribution is -2.12. The molecule has 0 N–H and O–H groups in total. The molecule has 0 aromatic rings. The molecule has 0 radical (unpaired) electrons. The number of rotatable bonds is 5. The van der Waals surface area contributed by atoms with Gasteiger partial charge in [-0.2, -0.15) is 0 Å². The minimum atomic E-state index is 0.846. The Morgan fingerprint density at radius 2 is 1.40 bits per heavy atom. The quantitative estimate of drug-likeness (QED) is 0.609. The van der Waals surface area contributed by atoms with Crippen LogP contribution in [0.4, 0.5) is 0 Å². The molecular weight excluding hydrogens is 180 g/mol. The third-order valence-electron chi connectivity index (χ3n) is 4.83. The molecule has 0 aromatic carbocycles. The summed E-state index contributed by atoms with van der Waals surface area (Å²) in [5.74, 6) is 6.58. The van der Waals surface area contributed by atoms with Gasteiger partial charge in [-0.05, 0) is 47.8 Å². The van der Waals surface area contributed by atoms with E-state index in [1.54, 1.807) is 0 Å². The zero-order valence-corrected chi connectivity index (χ0v) is 11.7. The Balaban J connectivity index is 2.40. The van der Waals surface area contributed by atoms with Gasteiger partial charge in [0.25, 0.3) is 0 Å². The standard InChI is InChI=1S/C15H30/c1-9(2)11(5)8-12(6)15-13(7)14(15)10(3)4/h9-15H,8H2,1-7H3. The summed E-state index contributed by atoms with van der Waals surface area (Å²) >= 11 is 0. The van der Waals surface area contributed by atoms with Gasteiger partial charge in [-0.3, -0.25) is 0 Å². The highest BCUT2D eigenvalue weighted by molar-refractivity contribution is 4.98. The first-order valence-electron chi connectivity index (χ1n) is 6.86. The summed E-state index contributed by atoms with van der Waals surface area (Å²) in [5, 5.41) is 0. The van der Waals surface area contributed by atoms with E-state index in [1.165, 1.54) is 6.42 Å². The largest absolute Gasteiger partial charge is 0.0625 e. The van der Waals surface area contributed by atoms with Crippen molar-refractivity contribution in [3.63, 3.8) is 0 Å². The summed E-state index contributed by atoms with van der Waals surface area (Å²) < 4.78 is 0. The monoisotopic (exact) mass is 210 g/mol. The summed E-state index contributed by atoms with van der Waals surface area (Å²) in [4.78, 5) is 0. The van der Waals surface area contributed by atoms with Gasteiger partial charge in [-0.1, -0.05) is 48.5 Å². The van der Waals surface area contributed by atoms with Crippen molar-refractivity contribution in [2.75, 3.05) is 0 Å². The predicted molar refractivity (Wildman–Crippen MR) is 68.8 cm³/mol. The molecule has 0 nitrogen and oxygen atoms in total. The third-order valence-corrected chi connectivity index (χ3v) is 4.83. The molecule has 1 aliphatic carbocycles. The van der Waals surface area contributed by atoms with Gasteiger partial charge in [0.15, 0.2) is 0 Å². The van der Waals surface area contributed by atoms with Gasteiger partial charge >= 0.3 is 0 Å². The van der Waals surface area contributed by atoms with Gasteiger partial charge in [0.2, 0.25) is 0 Å². The Morgan fingerprint density at radius 1 is 0.867 bits per heavy atom. The lowest BCUT2D eigenvalue weighted by atomic mass is 9.85. The van der Waals surface area contributed by atoms with Crippen molar-refractivity contribution in [2.24, 2.45) is 41.4 Å². The van der Waals surface area contributed by atoms with E-state index in [0.717, 1.165) is 41.4 Å². The molecule has 1 fully saturated rings. The van der Waals surface area contributed by atoms with Crippen LogP contribution in [-0.2, 0) is 0 Å². The van der Waals surface area contributed by atoms with Crippen molar-refractivity contribution >= 4 is 0 Å². The SMILES string of the molecule is CC(C)C(C)CC(C)C1C(C)C1C(C)C. The van der Waals surface area contributed by atoms with E-state index < -0.39 is 0 Å². The second kappa shape index (κ2) is 4.89. The van der Waals surface area contributed by atoms with Gasteiger partial charge in [-0.25, -0.2) is 0 Å². The average molecular weight is 210 g/mol. The summed E-state index contributed by atoms with van der Waals surface area (Å²) in [6.07, 6.45) is 1.43. The lowest BCUT2D eigenvalue weighted by molar-refractivity contribution is 0.294. The van der Waals surface area contributed by atoms with Crippen LogP contribution in [0.15, 0.2) is 0 Å². The van der Waals surface area contributed by atoms with Gasteiger partial charge in [0.05, 0.1) is 0 Å². The molecule has 0 saturated heterocycles. The minimum absolute atomic E-state index is 0.846. The topological polar surface area (TPSA) is 0 Å². The number of hydrogen-bond donors (Lipinski definition) is 0. The summed E-state index contributed by atoms with van der Waals surface area (Å²) in [5.41, 5.74) is 0. The molecule has 1 rings (SSSR count). The molecule has 5 atom stereocenters. The van der Waals surface area contributed by atoms with Gasteiger partial charge in [0, 0.05) is 0 Å². The van der Waals surface area contributed by atoms with E-state index in [4.69, 9.17) is 0 Å². The van der Waals surface area contributed by atoms with Gasteiger partial charge in [0.1, 0.15) is 0 Å². The Hall–Kier alpha value is 0. The van der Waals surface area contributed by atoms with Crippen LogP contribution >= 0.6 is 0 Å². The molecule has 15 heavy (non-hydrogen) atoms. The molecule has 0 bridgehead atoms. The van der Waals surface area contributed by atoms with Crippen LogP contribution in [0.3, 0.4) is 0 Å². The zero-order chi connectivity index (χ0) is 11.7. The second-order valence-corrected chi connectivity index (χ2v) is 6.69.